The molecule has 2 fully saturated rings. The Hall–Kier alpha value is -1.74. The van der Waals surface area contributed by atoms with E-state index >= 15 is 0 Å². The summed E-state index contributed by atoms with van der Waals surface area (Å²) in [5.41, 5.74) is 1.08. The number of aromatic amines is 1. The van der Waals surface area contributed by atoms with E-state index in [0.29, 0.717) is 36.3 Å². The van der Waals surface area contributed by atoms with Crippen molar-refractivity contribution in [2.24, 2.45) is 0 Å². The van der Waals surface area contributed by atoms with Crippen molar-refractivity contribution in [3.63, 3.8) is 0 Å². The highest BCUT2D eigenvalue weighted by Gasteiger charge is 2.36. The van der Waals surface area contributed by atoms with E-state index in [4.69, 9.17) is 4.42 Å². The van der Waals surface area contributed by atoms with Gasteiger partial charge in [0.2, 0.25) is 21.8 Å². The van der Waals surface area contributed by atoms with E-state index in [2.05, 4.69) is 20.4 Å². The third kappa shape index (κ3) is 3.54. The van der Waals surface area contributed by atoms with Gasteiger partial charge in [0.1, 0.15) is 4.90 Å². The molecule has 1 atom stereocenters. The minimum Gasteiger partial charge on any atom is -0.425 e. The van der Waals surface area contributed by atoms with E-state index < -0.39 is 10.0 Å². The van der Waals surface area contributed by atoms with Crippen LogP contribution >= 0.6 is 0 Å². The Morgan fingerprint density at radius 3 is 2.33 bits per heavy atom. The maximum absolute atomic E-state index is 13.1. The summed E-state index contributed by atoms with van der Waals surface area (Å²) < 4.78 is 33.8. The van der Waals surface area contributed by atoms with Crippen molar-refractivity contribution >= 4 is 10.0 Å². The maximum atomic E-state index is 13.1. The van der Waals surface area contributed by atoms with Gasteiger partial charge in [0.05, 0.1) is 17.3 Å². The van der Waals surface area contributed by atoms with Crippen molar-refractivity contribution in [2.75, 3.05) is 13.1 Å². The van der Waals surface area contributed by atoms with Gasteiger partial charge in [-0.15, -0.1) is 10.2 Å². The number of nitrogens with one attached hydrogen (secondary N) is 1. The molecule has 0 radical (unpaired) electrons. The molecule has 27 heavy (non-hydrogen) atoms. The summed E-state index contributed by atoms with van der Waals surface area (Å²) in [6.07, 6.45) is 7.54. The molecular weight excluding hydrogens is 366 g/mol. The van der Waals surface area contributed by atoms with E-state index in [-0.39, 0.29) is 10.8 Å². The second-order valence-electron chi connectivity index (χ2n) is 7.78. The fraction of sp³-hybridized carbons (Fsp3) is 0.722. The quantitative estimate of drug-likeness (QED) is 0.856. The van der Waals surface area contributed by atoms with E-state index in [9.17, 15) is 8.42 Å². The molecule has 1 aliphatic carbocycles. The van der Waals surface area contributed by atoms with Crippen LogP contribution in [0, 0.1) is 13.8 Å². The van der Waals surface area contributed by atoms with E-state index in [0.717, 1.165) is 31.6 Å². The number of aryl methyl sites for hydroxylation is 2. The summed E-state index contributed by atoms with van der Waals surface area (Å²) in [6.45, 7) is 4.33. The van der Waals surface area contributed by atoms with Crippen LogP contribution in [0.25, 0.3) is 0 Å². The Balaban J connectivity index is 1.52. The summed E-state index contributed by atoms with van der Waals surface area (Å²) in [5, 5.41) is 15.4. The number of piperidine rings is 1. The van der Waals surface area contributed by atoms with Crippen molar-refractivity contribution in [1.29, 1.82) is 0 Å². The molecule has 2 aliphatic rings. The first-order chi connectivity index (χ1) is 13.0. The number of hydrogen-bond acceptors (Lipinski definition) is 6. The second kappa shape index (κ2) is 7.35. The minimum atomic E-state index is -3.58. The molecule has 2 aromatic rings. The second-order valence-corrected chi connectivity index (χ2v) is 9.65. The summed E-state index contributed by atoms with van der Waals surface area (Å²) in [4.78, 5) is 0.288. The van der Waals surface area contributed by atoms with Crippen LogP contribution in [0.4, 0.5) is 0 Å². The lowest BCUT2D eigenvalue weighted by molar-refractivity contribution is 0.273. The molecule has 0 bridgehead atoms. The predicted octanol–water partition coefficient (Wildman–Crippen LogP) is 3.03. The van der Waals surface area contributed by atoms with E-state index in [1.54, 1.807) is 13.8 Å². The Kier molecular flexibility index (Phi) is 5.07. The van der Waals surface area contributed by atoms with Gasteiger partial charge in [-0.1, -0.05) is 19.3 Å². The molecule has 3 heterocycles. The van der Waals surface area contributed by atoms with E-state index in [1.165, 1.54) is 23.6 Å². The predicted molar refractivity (Wildman–Crippen MR) is 98.9 cm³/mol. The van der Waals surface area contributed by atoms with Gasteiger partial charge in [-0.2, -0.15) is 9.40 Å². The van der Waals surface area contributed by atoms with Gasteiger partial charge in [0.25, 0.3) is 0 Å². The average molecular weight is 394 g/mol. The third-order valence-corrected chi connectivity index (χ3v) is 7.93. The molecule has 0 aromatic carbocycles. The lowest BCUT2D eigenvalue weighted by atomic mass is 9.89. The minimum absolute atomic E-state index is 0.0501. The topological polar surface area (TPSA) is 105 Å². The van der Waals surface area contributed by atoms with Crippen molar-refractivity contribution < 1.29 is 12.8 Å². The zero-order valence-corrected chi connectivity index (χ0v) is 16.8. The third-order valence-electron chi connectivity index (χ3n) is 5.80. The van der Waals surface area contributed by atoms with Gasteiger partial charge in [-0.25, -0.2) is 8.42 Å². The first kappa shape index (κ1) is 18.6. The Labute approximate surface area is 159 Å². The molecule has 8 nitrogen and oxygen atoms in total. The molecule has 9 heteroatoms. The average Bonchev–Trinajstić information content (AvgIpc) is 3.30. The fourth-order valence-corrected chi connectivity index (χ4v) is 6.19. The number of rotatable bonds is 4. The summed E-state index contributed by atoms with van der Waals surface area (Å²) in [6, 6.07) is 0. The van der Waals surface area contributed by atoms with Crippen LogP contribution in [0.1, 0.15) is 80.0 Å². The zero-order chi connectivity index (χ0) is 19.0. The molecule has 1 saturated carbocycles. The van der Waals surface area contributed by atoms with E-state index in [1.807, 2.05) is 0 Å². The van der Waals surface area contributed by atoms with Crippen LogP contribution in [-0.2, 0) is 10.0 Å². The van der Waals surface area contributed by atoms with Crippen LogP contribution in [-0.4, -0.2) is 46.2 Å². The first-order valence-corrected chi connectivity index (χ1v) is 11.3. The van der Waals surface area contributed by atoms with Crippen LogP contribution in [0.5, 0.6) is 0 Å². The molecule has 1 unspecified atom stereocenters. The Morgan fingerprint density at radius 1 is 1.00 bits per heavy atom. The highest BCUT2D eigenvalue weighted by Crippen LogP contribution is 2.35. The number of aromatic nitrogens is 4. The zero-order valence-electron chi connectivity index (χ0n) is 15.9. The molecule has 1 aliphatic heterocycles. The highest BCUT2D eigenvalue weighted by molar-refractivity contribution is 7.89. The van der Waals surface area contributed by atoms with Gasteiger partial charge >= 0.3 is 0 Å². The normalized spacial score (nSPS) is 23.0. The van der Waals surface area contributed by atoms with Gasteiger partial charge < -0.3 is 4.42 Å². The standard InChI is InChI=1S/C18H27N5O3S/c1-12-16(13(2)20-19-12)27(24,25)23-10-6-9-15(11-23)18-22-21-17(26-18)14-7-4-3-5-8-14/h14-15H,3-11H2,1-2H3,(H,19,20). The molecule has 148 valence electrons. The lowest BCUT2D eigenvalue weighted by Crippen LogP contribution is -2.39. The molecule has 1 N–H and O–H groups in total. The van der Waals surface area contributed by atoms with Gasteiger partial charge in [0, 0.05) is 19.0 Å². The van der Waals surface area contributed by atoms with Crippen LogP contribution < -0.4 is 0 Å². The van der Waals surface area contributed by atoms with Crippen molar-refractivity contribution in [1.82, 2.24) is 24.7 Å². The number of H-pyrrole nitrogens is 1. The largest absolute Gasteiger partial charge is 0.425 e. The highest BCUT2D eigenvalue weighted by atomic mass is 32.2. The Bertz CT molecular complexity index is 878. The van der Waals surface area contributed by atoms with Crippen LogP contribution in [0.15, 0.2) is 9.31 Å². The molecule has 4 rings (SSSR count). The summed E-state index contributed by atoms with van der Waals surface area (Å²) in [5.74, 6) is 1.62. The fourth-order valence-electron chi connectivity index (χ4n) is 4.34. The van der Waals surface area contributed by atoms with Gasteiger partial charge in [-0.05, 0) is 39.5 Å². The summed E-state index contributed by atoms with van der Waals surface area (Å²) in [7, 11) is -3.58. The number of hydrogen-bond donors (Lipinski definition) is 1. The SMILES string of the molecule is Cc1n[nH]c(C)c1S(=O)(=O)N1CCCC(c2nnc(C3CCCCC3)o2)C1. The van der Waals surface area contributed by atoms with Gasteiger partial charge in [0.15, 0.2) is 0 Å². The van der Waals surface area contributed by atoms with Crippen LogP contribution in [0.2, 0.25) is 0 Å². The van der Waals surface area contributed by atoms with Gasteiger partial charge in [-0.3, -0.25) is 5.10 Å². The lowest BCUT2D eigenvalue weighted by Gasteiger charge is -2.30. The number of sulfonamides is 1. The Morgan fingerprint density at radius 2 is 1.67 bits per heavy atom. The molecule has 0 spiro atoms. The van der Waals surface area contributed by atoms with Crippen LogP contribution in [0.3, 0.4) is 0 Å². The first-order valence-electron chi connectivity index (χ1n) is 9.82. The smallest absolute Gasteiger partial charge is 0.246 e. The molecule has 1 saturated heterocycles. The molecule has 0 amide bonds. The molecule has 2 aromatic heterocycles. The van der Waals surface area contributed by atoms with Crippen molar-refractivity contribution in [3.05, 3.63) is 23.2 Å². The maximum Gasteiger partial charge on any atom is 0.246 e. The monoisotopic (exact) mass is 393 g/mol. The summed E-state index contributed by atoms with van der Waals surface area (Å²) >= 11 is 0. The molecular formula is C18H27N5O3S. The van der Waals surface area contributed by atoms with Crippen molar-refractivity contribution in [2.45, 2.75) is 75.5 Å². The number of nitrogens with zero attached hydrogens (tertiary/aromatic N) is 4. The van der Waals surface area contributed by atoms with Crippen molar-refractivity contribution in [3.8, 4) is 0 Å².